The molecule has 1 aliphatic heterocycles. The highest BCUT2D eigenvalue weighted by Crippen LogP contribution is 2.21. The number of carbonyl (C=O) groups excluding carboxylic acids is 1. The first-order valence-corrected chi connectivity index (χ1v) is 8.79. The van der Waals surface area contributed by atoms with Crippen LogP contribution in [0.15, 0.2) is 48.5 Å². The monoisotopic (exact) mass is 358 g/mol. The van der Waals surface area contributed by atoms with Gasteiger partial charge in [0.25, 0.3) is 0 Å². The third kappa shape index (κ3) is 5.32. The number of aryl methyl sites for hydroxylation is 1. The van der Waals surface area contributed by atoms with Crippen molar-refractivity contribution < 1.29 is 4.79 Å². The van der Waals surface area contributed by atoms with Gasteiger partial charge >= 0.3 is 0 Å². The largest absolute Gasteiger partial charge is 0.352 e. The Morgan fingerprint density at radius 3 is 2.60 bits per heavy atom. The van der Waals surface area contributed by atoms with Crippen LogP contribution in [-0.4, -0.2) is 18.5 Å². The predicted molar refractivity (Wildman–Crippen MR) is 106 cm³/mol. The summed E-state index contributed by atoms with van der Waals surface area (Å²) in [6, 6.07) is 17.4. The highest BCUT2D eigenvalue weighted by atomic mass is 35.5. The Morgan fingerprint density at radius 2 is 1.92 bits per heavy atom. The van der Waals surface area contributed by atoms with Crippen LogP contribution in [0.3, 0.4) is 0 Å². The van der Waals surface area contributed by atoms with E-state index in [0.29, 0.717) is 12.6 Å². The number of hydrogen-bond donors (Lipinski definition) is 2. The Labute approximate surface area is 156 Å². The zero-order chi connectivity index (χ0) is 16.9. The number of halogens is 1. The normalized spacial score (nSPS) is 19.8. The lowest BCUT2D eigenvalue weighted by Crippen LogP contribution is -2.42. The molecule has 3 rings (SSSR count). The average Bonchev–Trinajstić information content (AvgIpc) is 2.60. The highest BCUT2D eigenvalue weighted by molar-refractivity contribution is 5.85. The minimum Gasteiger partial charge on any atom is -0.352 e. The summed E-state index contributed by atoms with van der Waals surface area (Å²) in [7, 11) is 0. The maximum atomic E-state index is 12.3. The molecule has 1 fully saturated rings. The van der Waals surface area contributed by atoms with Crippen LogP contribution >= 0.6 is 12.4 Å². The number of piperidine rings is 1. The molecule has 134 valence electrons. The van der Waals surface area contributed by atoms with E-state index in [1.807, 2.05) is 0 Å². The van der Waals surface area contributed by atoms with Crippen LogP contribution in [0.1, 0.15) is 30.9 Å². The van der Waals surface area contributed by atoms with Crippen molar-refractivity contribution in [3.63, 3.8) is 0 Å². The van der Waals surface area contributed by atoms with Crippen LogP contribution in [0.4, 0.5) is 0 Å². The Morgan fingerprint density at radius 1 is 1.16 bits per heavy atom. The average molecular weight is 359 g/mol. The number of benzene rings is 2. The Bertz CT molecular complexity index is 699. The first-order valence-electron chi connectivity index (χ1n) is 8.79. The van der Waals surface area contributed by atoms with Gasteiger partial charge in [0.05, 0.1) is 0 Å². The van der Waals surface area contributed by atoms with Crippen molar-refractivity contribution in [1.82, 2.24) is 10.6 Å². The van der Waals surface area contributed by atoms with Gasteiger partial charge in [0, 0.05) is 18.5 Å². The lowest BCUT2D eigenvalue weighted by molar-refractivity contribution is -0.126. The second kappa shape index (κ2) is 9.02. The van der Waals surface area contributed by atoms with E-state index in [0.717, 1.165) is 24.9 Å². The number of nitrogens with one attached hydrogen (secondary N) is 2. The number of carbonyl (C=O) groups is 1. The number of amides is 1. The van der Waals surface area contributed by atoms with Crippen LogP contribution in [0.25, 0.3) is 11.1 Å². The maximum Gasteiger partial charge on any atom is 0.223 e. The molecule has 3 nitrogen and oxygen atoms in total. The van der Waals surface area contributed by atoms with Crippen molar-refractivity contribution in [2.24, 2.45) is 5.92 Å². The van der Waals surface area contributed by atoms with Crippen molar-refractivity contribution in [3.8, 4) is 11.1 Å². The van der Waals surface area contributed by atoms with E-state index in [2.05, 4.69) is 73.0 Å². The minimum atomic E-state index is 0. The van der Waals surface area contributed by atoms with E-state index in [1.54, 1.807) is 0 Å². The zero-order valence-electron chi connectivity index (χ0n) is 14.9. The van der Waals surface area contributed by atoms with Crippen molar-refractivity contribution in [2.45, 2.75) is 39.3 Å². The molecule has 1 heterocycles. The fourth-order valence-electron chi connectivity index (χ4n) is 3.34. The zero-order valence-corrected chi connectivity index (χ0v) is 15.7. The SMILES string of the molecule is Cc1cccc(-c2ccc(CNC(=O)[C@H]3CCN[C@@H](C)C3)cc2)c1.Cl. The van der Waals surface area contributed by atoms with Gasteiger partial charge in [-0.3, -0.25) is 4.79 Å². The predicted octanol–water partition coefficient (Wildman–Crippen LogP) is 4.09. The standard InChI is InChI=1S/C21H26N2O.ClH/c1-15-4-3-5-19(12-15)18-8-6-17(7-9-18)14-23-21(24)20-10-11-22-16(2)13-20;/h3-9,12,16,20,22H,10-11,13-14H2,1-2H3,(H,23,24);1H/t16-,20-;/m0./s1. The van der Waals surface area contributed by atoms with E-state index >= 15 is 0 Å². The molecule has 2 atom stereocenters. The second-order valence-electron chi connectivity index (χ2n) is 6.86. The molecule has 0 unspecified atom stereocenters. The van der Waals surface area contributed by atoms with Crippen molar-refractivity contribution >= 4 is 18.3 Å². The maximum absolute atomic E-state index is 12.3. The lowest BCUT2D eigenvalue weighted by Gasteiger charge is -2.27. The first kappa shape index (κ1) is 19.5. The van der Waals surface area contributed by atoms with E-state index in [4.69, 9.17) is 0 Å². The molecule has 0 radical (unpaired) electrons. The highest BCUT2D eigenvalue weighted by Gasteiger charge is 2.24. The summed E-state index contributed by atoms with van der Waals surface area (Å²) >= 11 is 0. The third-order valence-electron chi connectivity index (χ3n) is 4.77. The van der Waals surface area contributed by atoms with Gasteiger partial charge in [0.2, 0.25) is 5.91 Å². The van der Waals surface area contributed by atoms with Crippen molar-refractivity contribution in [2.75, 3.05) is 6.54 Å². The van der Waals surface area contributed by atoms with Crippen molar-refractivity contribution in [3.05, 3.63) is 59.7 Å². The van der Waals surface area contributed by atoms with Gasteiger partial charge in [-0.05, 0) is 49.9 Å². The smallest absolute Gasteiger partial charge is 0.223 e. The Balaban J connectivity index is 0.00000225. The molecule has 1 saturated heterocycles. The van der Waals surface area contributed by atoms with Gasteiger partial charge in [-0.25, -0.2) is 0 Å². The van der Waals surface area contributed by atoms with Crippen molar-refractivity contribution in [1.29, 1.82) is 0 Å². The van der Waals surface area contributed by atoms with E-state index in [-0.39, 0.29) is 24.2 Å². The number of rotatable bonds is 4. The molecule has 25 heavy (non-hydrogen) atoms. The van der Waals surface area contributed by atoms with Gasteiger partial charge in [0.1, 0.15) is 0 Å². The fourth-order valence-corrected chi connectivity index (χ4v) is 3.34. The summed E-state index contributed by atoms with van der Waals surface area (Å²) in [5, 5.41) is 6.48. The third-order valence-corrected chi connectivity index (χ3v) is 4.77. The van der Waals surface area contributed by atoms with E-state index < -0.39 is 0 Å². The molecule has 4 heteroatoms. The summed E-state index contributed by atoms with van der Waals surface area (Å²) in [5.41, 5.74) is 4.84. The molecule has 0 aliphatic carbocycles. The Hall–Kier alpha value is -1.84. The summed E-state index contributed by atoms with van der Waals surface area (Å²) in [5.74, 6) is 0.332. The van der Waals surface area contributed by atoms with Gasteiger partial charge in [-0.2, -0.15) is 0 Å². The molecular formula is C21H27ClN2O. The molecule has 0 spiro atoms. The fraction of sp³-hybridized carbons (Fsp3) is 0.381. The Kier molecular flexibility index (Phi) is 7.03. The summed E-state index contributed by atoms with van der Waals surface area (Å²) < 4.78 is 0. The summed E-state index contributed by atoms with van der Waals surface area (Å²) in [6.07, 6.45) is 1.86. The van der Waals surface area contributed by atoms with Gasteiger partial charge in [-0.1, -0.05) is 54.1 Å². The van der Waals surface area contributed by atoms with Crippen LogP contribution in [0.5, 0.6) is 0 Å². The van der Waals surface area contributed by atoms with Gasteiger partial charge < -0.3 is 10.6 Å². The molecular weight excluding hydrogens is 332 g/mol. The molecule has 0 bridgehead atoms. The second-order valence-corrected chi connectivity index (χ2v) is 6.86. The molecule has 0 aromatic heterocycles. The topological polar surface area (TPSA) is 41.1 Å². The number of hydrogen-bond acceptors (Lipinski definition) is 2. The molecule has 2 N–H and O–H groups in total. The van der Waals surface area contributed by atoms with Crippen LogP contribution < -0.4 is 10.6 Å². The molecule has 1 amide bonds. The summed E-state index contributed by atoms with van der Waals surface area (Å²) in [6.45, 7) is 5.79. The van der Waals surface area contributed by atoms with Crippen LogP contribution in [-0.2, 0) is 11.3 Å². The van der Waals surface area contributed by atoms with E-state index in [9.17, 15) is 4.79 Å². The van der Waals surface area contributed by atoms with Gasteiger partial charge in [0.15, 0.2) is 0 Å². The quantitative estimate of drug-likeness (QED) is 0.864. The molecule has 1 aliphatic rings. The van der Waals surface area contributed by atoms with Crippen LogP contribution in [0, 0.1) is 12.8 Å². The minimum absolute atomic E-state index is 0. The lowest BCUT2D eigenvalue weighted by atomic mass is 9.92. The molecule has 2 aromatic rings. The molecule has 0 saturated carbocycles. The van der Waals surface area contributed by atoms with Gasteiger partial charge in [-0.15, -0.1) is 12.4 Å². The molecule has 2 aromatic carbocycles. The summed E-state index contributed by atoms with van der Waals surface area (Å²) in [4.78, 5) is 12.3. The van der Waals surface area contributed by atoms with Crippen LogP contribution in [0.2, 0.25) is 0 Å². The van der Waals surface area contributed by atoms with E-state index in [1.165, 1.54) is 16.7 Å². The first-order chi connectivity index (χ1) is 11.6.